The number of carbonyl (C=O) groups is 1. The first-order chi connectivity index (χ1) is 14.4. The van der Waals surface area contributed by atoms with Gasteiger partial charge in [0, 0.05) is 12.0 Å². The predicted octanol–water partition coefficient (Wildman–Crippen LogP) is 3.30. The molecule has 0 aliphatic rings. The molecule has 0 amide bonds. The first kappa shape index (κ1) is 20.0. The van der Waals surface area contributed by atoms with E-state index >= 15 is 0 Å². The lowest BCUT2D eigenvalue weighted by Gasteiger charge is -2.05. The van der Waals surface area contributed by atoms with E-state index in [1.165, 1.54) is 16.3 Å². The zero-order valence-corrected chi connectivity index (χ0v) is 17.8. The molecule has 8 heteroatoms. The maximum atomic E-state index is 12.6. The van der Waals surface area contributed by atoms with Crippen LogP contribution in [0.3, 0.4) is 0 Å². The number of fused-ring (bicyclic) bond motifs is 1. The molecule has 0 saturated heterocycles. The monoisotopic (exact) mass is 419 g/mol. The van der Waals surface area contributed by atoms with Gasteiger partial charge in [-0.2, -0.15) is 9.61 Å². The van der Waals surface area contributed by atoms with E-state index < -0.39 is 0 Å². The summed E-state index contributed by atoms with van der Waals surface area (Å²) in [5, 5.41) is 13.0. The summed E-state index contributed by atoms with van der Waals surface area (Å²) in [5.41, 5.74) is 5.12. The third kappa shape index (κ3) is 4.18. The molecule has 0 radical (unpaired) electrons. The van der Waals surface area contributed by atoms with Crippen LogP contribution in [-0.2, 0) is 6.42 Å². The van der Waals surface area contributed by atoms with Gasteiger partial charge in [-0.1, -0.05) is 53.7 Å². The van der Waals surface area contributed by atoms with Crippen LogP contribution < -0.4 is 5.56 Å². The van der Waals surface area contributed by atoms with Crippen molar-refractivity contribution in [1.29, 1.82) is 0 Å². The SMILES string of the molecule is Cc1ccc(Cc2nn3c(SCC(=O)c4ccc(C)c(C)c4)nnc3[nH]c2=O)cc1. The van der Waals surface area contributed by atoms with Gasteiger partial charge in [0.25, 0.3) is 11.3 Å². The van der Waals surface area contributed by atoms with Crippen molar-refractivity contribution in [3.05, 3.63) is 86.3 Å². The van der Waals surface area contributed by atoms with E-state index in [0.717, 1.165) is 22.3 Å². The topological polar surface area (TPSA) is 93.0 Å². The van der Waals surface area contributed by atoms with Crippen LogP contribution in [0.5, 0.6) is 0 Å². The summed E-state index contributed by atoms with van der Waals surface area (Å²) in [6.45, 7) is 6.02. The van der Waals surface area contributed by atoms with E-state index in [4.69, 9.17) is 0 Å². The smallest absolute Gasteiger partial charge is 0.274 e. The molecule has 2 heterocycles. The summed E-state index contributed by atoms with van der Waals surface area (Å²) >= 11 is 1.25. The molecule has 2 aromatic carbocycles. The van der Waals surface area contributed by atoms with Gasteiger partial charge in [-0.15, -0.1) is 10.2 Å². The highest BCUT2D eigenvalue weighted by molar-refractivity contribution is 7.99. The molecule has 0 aliphatic carbocycles. The van der Waals surface area contributed by atoms with Gasteiger partial charge in [0.2, 0.25) is 5.16 Å². The fourth-order valence-corrected chi connectivity index (χ4v) is 3.78. The summed E-state index contributed by atoms with van der Waals surface area (Å²) in [6, 6.07) is 13.6. The minimum absolute atomic E-state index is 0.00385. The Labute approximate surface area is 177 Å². The number of hydrogen-bond donors (Lipinski definition) is 1. The van der Waals surface area contributed by atoms with Crippen molar-refractivity contribution in [1.82, 2.24) is 24.8 Å². The summed E-state index contributed by atoms with van der Waals surface area (Å²) in [7, 11) is 0. The lowest BCUT2D eigenvalue weighted by atomic mass is 10.0. The molecular weight excluding hydrogens is 398 g/mol. The van der Waals surface area contributed by atoms with Gasteiger partial charge in [0.1, 0.15) is 5.69 Å². The molecule has 4 rings (SSSR count). The van der Waals surface area contributed by atoms with Gasteiger partial charge in [-0.25, -0.2) is 0 Å². The summed E-state index contributed by atoms with van der Waals surface area (Å²) in [6.07, 6.45) is 0.398. The van der Waals surface area contributed by atoms with Gasteiger partial charge in [-0.3, -0.25) is 14.6 Å². The number of carbonyl (C=O) groups excluding carboxylic acids is 1. The highest BCUT2D eigenvalue weighted by Gasteiger charge is 2.15. The van der Waals surface area contributed by atoms with Crippen molar-refractivity contribution in [3.8, 4) is 0 Å². The Morgan fingerprint density at radius 1 is 1.03 bits per heavy atom. The molecule has 0 unspecified atom stereocenters. The average Bonchev–Trinajstić information content (AvgIpc) is 3.11. The van der Waals surface area contributed by atoms with Crippen LogP contribution >= 0.6 is 11.8 Å². The first-order valence-electron chi connectivity index (χ1n) is 9.54. The Balaban J connectivity index is 1.55. The summed E-state index contributed by atoms with van der Waals surface area (Å²) < 4.78 is 1.49. The highest BCUT2D eigenvalue weighted by Crippen LogP contribution is 2.18. The zero-order chi connectivity index (χ0) is 21.3. The van der Waals surface area contributed by atoms with Crippen molar-refractivity contribution in [2.24, 2.45) is 0 Å². The van der Waals surface area contributed by atoms with Gasteiger partial charge < -0.3 is 0 Å². The fourth-order valence-electron chi connectivity index (χ4n) is 3.01. The first-order valence-corrected chi connectivity index (χ1v) is 10.5. The Morgan fingerprint density at radius 3 is 2.53 bits per heavy atom. The Bertz CT molecular complexity index is 1290. The van der Waals surface area contributed by atoms with E-state index in [0.29, 0.717) is 22.8 Å². The Morgan fingerprint density at radius 2 is 1.80 bits per heavy atom. The number of thioether (sulfide) groups is 1. The number of hydrogen-bond acceptors (Lipinski definition) is 6. The van der Waals surface area contributed by atoms with Crippen LogP contribution in [0.4, 0.5) is 0 Å². The quantitative estimate of drug-likeness (QED) is 0.381. The van der Waals surface area contributed by atoms with E-state index in [-0.39, 0.29) is 22.9 Å². The predicted molar refractivity (Wildman–Crippen MR) is 116 cm³/mol. The number of aryl methyl sites for hydroxylation is 3. The van der Waals surface area contributed by atoms with Crippen molar-refractivity contribution < 1.29 is 4.79 Å². The molecule has 7 nitrogen and oxygen atoms in total. The van der Waals surface area contributed by atoms with Crippen molar-refractivity contribution in [2.75, 3.05) is 5.75 Å². The molecule has 0 spiro atoms. The number of rotatable bonds is 6. The standard InChI is InChI=1S/C22H21N5O2S/c1-13-4-7-16(8-5-13)11-18-20(29)23-21-24-25-22(27(21)26-18)30-12-19(28)17-9-6-14(2)15(3)10-17/h4-10H,11-12H2,1-3H3,(H,23,24,29). The van der Waals surface area contributed by atoms with Crippen LogP contribution in [-0.4, -0.2) is 36.3 Å². The zero-order valence-electron chi connectivity index (χ0n) is 17.0. The maximum absolute atomic E-state index is 12.6. The van der Waals surface area contributed by atoms with Gasteiger partial charge in [0.15, 0.2) is 5.78 Å². The molecule has 0 aliphatic heterocycles. The number of nitrogens with one attached hydrogen (secondary N) is 1. The summed E-state index contributed by atoms with van der Waals surface area (Å²) in [4.78, 5) is 27.7. The van der Waals surface area contributed by atoms with E-state index in [2.05, 4.69) is 20.3 Å². The third-order valence-electron chi connectivity index (χ3n) is 4.97. The number of Topliss-reactive ketones (excluding diaryl/α,β-unsaturated/α-hetero) is 1. The number of nitrogens with zero attached hydrogens (tertiary/aromatic N) is 4. The van der Waals surface area contributed by atoms with E-state index in [1.54, 1.807) is 0 Å². The van der Waals surface area contributed by atoms with Gasteiger partial charge in [-0.05, 0) is 43.5 Å². The number of aromatic nitrogens is 5. The Kier molecular flexibility index (Phi) is 5.50. The highest BCUT2D eigenvalue weighted by atomic mass is 32.2. The second kappa shape index (κ2) is 8.23. The largest absolute Gasteiger partial charge is 0.293 e. The molecule has 30 heavy (non-hydrogen) atoms. The molecule has 1 N–H and O–H groups in total. The third-order valence-corrected chi connectivity index (χ3v) is 5.89. The van der Waals surface area contributed by atoms with Crippen molar-refractivity contribution in [2.45, 2.75) is 32.3 Å². The molecule has 4 aromatic rings. The molecule has 0 bridgehead atoms. The van der Waals surface area contributed by atoms with E-state index in [1.807, 2.05) is 63.2 Å². The van der Waals surface area contributed by atoms with Crippen LogP contribution in [0.2, 0.25) is 0 Å². The van der Waals surface area contributed by atoms with E-state index in [9.17, 15) is 9.59 Å². The average molecular weight is 420 g/mol. The van der Waals surface area contributed by atoms with Crippen LogP contribution in [0.1, 0.15) is 38.3 Å². The van der Waals surface area contributed by atoms with Crippen molar-refractivity contribution in [3.63, 3.8) is 0 Å². The molecule has 0 atom stereocenters. The van der Waals surface area contributed by atoms with Gasteiger partial charge >= 0.3 is 0 Å². The molecule has 0 fully saturated rings. The minimum Gasteiger partial charge on any atom is -0.293 e. The number of H-pyrrole nitrogens is 1. The van der Waals surface area contributed by atoms with Crippen LogP contribution in [0.25, 0.3) is 5.78 Å². The molecule has 152 valence electrons. The van der Waals surface area contributed by atoms with Crippen LogP contribution in [0.15, 0.2) is 52.4 Å². The second-order valence-corrected chi connectivity index (χ2v) is 8.23. The molecular formula is C22H21N5O2S. The minimum atomic E-state index is -0.293. The lowest BCUT2D eigenvalue weighted by molar-refractivity contribution is 0.102. The van der Waals surface area contributed by atoms with Crippen LogP contribution in [0, 0.1) is 20.8 Å². The lowest BCUT2D eigenvalue weighted by Crippen LogP contribution is -2.19. The van der Waals surface area contributed by atoms with Gasteiger partial charge in [0.05, 0.1) is 5.75 Å². The summed E-state index contributed by atoms with van der Waals surface area (Å²) in [5.74, 6) is 0.468. The number of benzene rings is 2. The second-order valence-electron chi connectivity index (χ2n) is 7.29. The van der Waals surface area contributed by atoms with Crippen molar-refractivity contribution >= 4 is 23.3 Å². The normalized spacial score (nSPS) is 11.2. The fraction of sp³-hybridized carbons (Fsp3) is 0.227. The Hall–Kier alpha value is -3.26. The molecule has 0 saturated carbocycles. The molecule has 2 aromatic heterocycles. The number of aromatic amines is 1. The number of ketones is 1. The maximum Gasteiger partial charge on any atom is 0.274 e.